The van der Waals surface area contributed by atoms with E-state index in [1.165, 1.54) is 44.5 Å². The molecule has 0 saturated heterocycles. The molecule has 0 aliphatic carbocycles. The minimum absolute atomic E-state index is 0.0693. The zero-order chi connectivity index (χ0) is 18.6. The summed E-state index contributed by atoms with van der Waals surface area (Å²) in [5, 5.41) is 0. The number of ether oxygens (including phenoxy) is 1. The normalized spacial score (nSPS) is 11.2. The zero-order valence-corrected chi connectivity index (χ0v) is 15.0. The highest BCUT2D eigenvalue weighted by Gasteiger charge is 2.22. The molecule has 0 aliphatic rings. The molecule has 0 atom stereocenters. The molecular formula is C17H19FN2O4S. The summed E-state index contributed by atoms with van der Waals surface area (Å²) in [5.41, 5.74) is 1.34. The van der Waals surface area contributed by atoms with Crippen molar-refractivity contribution in [1.82, 2.24) is 4.98 Å². The maximum Gasteiger partial charge on any atom is 0.339 e. The lowest BCUT2D eigenvalue weighted by Crippen LogP contribution is -2.32. The van der Waals surface area contributed by atoms with Gasteiger partial charge in [0.25, 0.3) is 0 Å². The fourth-order valence-electron chi connectivity index (χ4n) is 2.15. The summed E-state index contributed by atoms with van der Waals surface area (Å²) in [6, 6.07) is 7.30. The van der Waals surface area contributed by atoms with Crippen LogP contribution in [0, 0.1) is 12.7 Å². The lowest BCUT2D eigenvalue weighted by Gasteiger charge is -2.24. The Bertz CT molecular complexity index is 867. The van der Waals surface area contributed by atoms with Gasteiger partial charge in [0.1, 0.15) is 5.82 Å². The third-order valence-electron chi connectivity index (χ3n) is 3.70. The number of nitrogens with zero attached hydrogens (tertiary/aromatic N) is 2. The fraction of sp³-hybridized carbons (Fsp3) is 0.294. The minimum atomic E-state index is -3.64. The molecular weight excluding hydrogens is 347 g/mol. The number of hydrogen-bond acceptors (Lipinski definition) is 5. The Balaban J connectivity index is 2.37. The fourth-order valence-corrected chi connectivity index (χ4v) is 3.22. The third kappa shape index (κ3) is 4.33. The molecule has 0 N–H and O–H groups in total. The van der Waals surface area contributed by atoms with E-state index in [0.717, 1.165) is 4.31 Å². The number of aryl methyl sites for hydroxylation is 1. The molecule has 134 valence electrons. The maximum atomic E-state index is 13.9. The topological polar surface area (TPSA) is 76.6 Å². The number of carbonyl (C=O) groups is 1. The van der Waals surface area contributed by atoms with E-state index < -0.39 is 21.8 Å². The van der Waals surface area contributed by atoms with Crippen molar-refractivity contribution in [2.75, 3.05) is 17.2 Å². The van der Waals surface area contributed by atoms with Crippen molar-refractivity contribution in [2.24, 2.45) is 0 Å². The highest BCUT2D eigenvalue weighted by atomic mass is 32.2. The van der Waals surface area contributed by atoms with E-state index in [1.807, 2.05) is 0 Å². The molecule has 0 aliphatic heterocycles. The highest BCUT2D eigenvalue weighted by Crippen LogP contribution is 2.23. The number of rotatable bonds is 6. The molecule has 0 unspecified atom stereocenters. The van der Waals surface area contributed by atoms with Crippen LogP contribution in [0.1, 0.15) is 28.5 Å². The Morgan fingerprint density at radius 1 is 1.28 bits per heavy atom. The maximum absolute atomic E-state index is 13.9. The second kappa shape index (κ2) is 7.60. The molecule has 0 bridgehead atoms. The SMILES string of the molecule is CCS(=O)(=O)N(Cc1ccc(C(=O)OC)cn1)c1ccc(C)c(F)c1. The Morgan fingerprint density at radius 3 is 2.52 bits per heavy atom. The molecule has 8 heteroatoms. The first-order valence-corrected chi connectivity index (χ1v) is 9.19. The Kier molecular flexibility index (Phi) is 5.73. The van der Waals surface area contributed by atoms with Gasteiger partial charge in [0.05, 0.1) is 36.4 Å². The molecule has 2 aromatic rings. The molecule has 25 heavy (non-hydrogen) atoms. The first-order valence-electron chi connectivity index (χ1n) is 7.58. The monoisotopic (exact) mass is 366 g/mol. The van der Waals surface area contributed by atoms with E-state index in [9.17, 15) is 17.6 Å². The number of esters is 1. The number of benzene rings is 1. The quantitative estimate of drug-likeness (QED) is 0.735. The molecule has 0 spiro atoms. The van der Waals surface area contributed by atoms with Crippen LogP contribution in [0.2, 0.25) is 0 Å². The van der Waals surface area contributed by atoms with Gasteiger partial charge >= 0.3 is 5.97 Å². The molecule has 0 saturated carbocycles. The summed E-state index contributed by atoms with van der Waals surface area (Å²) in [4.78, 5) is 15.5. The van der Waals surface area contributed by atoms with Crippen LogP contribution >= 0.6 is 0 Å². The van der Waals surface area contributed by atoms with E-state index in [1.54, 1.807) is 13.0 Å². The first-order chi connectivity index (χ1) is 11.8. The van der Waals surface area contributed by atoms with Crippen LogP contribution in [0.3, 0.4) is 0 Å². The van der Waals surface area contributed by atoms with Gasteiger partial charge in [0, 0.05) is 6.20 Å². The minimum Gasteiger partial charge on any atom is -0.465 e. The summed E-state index contributed by atoms with van der Waals surface area (Å²) in [7, 11) is -2.38. The van der Waals surface area contributed by atoms with Crippen LogP contribution in [0.15, 0.2) is 36.5 Å². The molecule has 6 nitrogen and oxygen atoms in total. The van der Waals surface area contributed by atoms with Gasteiger partial charge in [-0.05, 0) is 43.7 Å². The van der Waals surface area contributed by atoms with Crippen molar-refractivity contribution in [3.63, 3.8) is 0 Å². The predicted molar refractivity (Wildman–Crippen MR) is 92.4 cm³/mol. The average molecular weight is 366 g/mol. The number of carbonyl (C=O) groups excluding carboxylic acids is 1. The van der Waals surface area contributed by atoms with Crippen LogP contribution < -0.4 is 4.31 Å². The van der Waals surface area contributed by atoms with Crippen LogP contribution in [0.25, 0.3) is 0 Å². The average Bonchev–Trinajstić information content (AvgIpc) is 2.61. The van der Waals surface area contributed by atoms with Crippen LogP contribution in [0.4, 0.5) is 10.1 Å². The van der Waals surface area contributed by atoms with E-state index >= 15 is 0 Å². The molecule has 1 aromatic heterocycles. The number of halogens is 1. The molecule has 0 radical (unpaired) electrons. The summed E-state index contributed by atoms with van der Waals surface area (Å²) in [6.07, 6.45) is 1.31. The number of methoxy groups -OCH3 is 1. The summed E-state index contributed by atoms with van der Waals surface area (Å²) in [6.45, 7) is 3.05. The first kappa shape index (κ1) is 18.9. The molecule has 0 amide bonds. The zero-order valence-electron chi connectivity index (χ0n) is 14.2. The van der Waals surface area contributed by atoms with Crippen LogP contribution in [0.5, 0.6) is 0 Å². The number of anilines is 1. The Labute approximate surface area is 146 Å². The number of sulfonamides is 1. The second-order valence-electron chi connectivity index (χ2n) is 5.37. The summed E-state index contributed by atoms with van der Waals surface area (Å²) < 4.78 is 44.4. The molecule has 1 aromatic carbocycles. The lowest BCUT2D eigenvalue weighted by atomic mass is 10.2. The number of pyridine rings is 1. The highest BCUT2D eigenvalue weighted by molar-refractivity contribution is 7.92. The van der Waals surface area contributed by atoms with Crippen molar-refractivity contribution in [2.45, 2.75) is 20.4 Å². The van der Waals surface area contributed by atoms with Crippen LogP contribution in [-0.4, -0.2) is 32.2 Å². The van der Waals surface area contributed by atoms with E-state index in [4.69, 9.17) is 0 Å². The smallest absolute Gasteiger partial charge is 0.339 e. The predicted octanol–water partition coefficient (Wildman–Crippen LogP) is 2.67. The van der Waals surface area contributed by atoms with E-state index in [2.05, 4.69) is 9.72 Å². The van der Waals surface area contributed by atoms with Gasteiger partial charge in [-0.25, -0.2) is 17.6 Å². The van der Waals surface area contributed by atoms with Gasteiger partial charge in [-0.2, -0.15) is 0 Å². The van der Waals surface area contributed by atoms with Gasteiger partial charge in [-0.15, -0.1) is 0 Å². The molecule has 1 heterocycles. The number of aromatic nitrogens is 1. The second-order valence-corrected chi connectivity index (χ2v) is 7.55. The standard InChI is InChI=1S/C17H19FN2O4S/c1-4-25(22,23)20(15-8-5-12(2)16(18)9-15)11-14-7-6-13(10-19-14)17(21)24-3/h5-10H,4,11H2,1-3H3. The van der Waals surface area contributed by atoms with Gasteiger partial charge in [-0.1, -0.05) is 6.07 Å². The van der Waals surface area contributed by atoms with E-state index in [-0.39, 0.29) is 23.5 Å². The molecule has 0 fully saturated rings. The van der Waals surface area contributed by atoms with Gasteiger partial charge in [-0.3, -0.25) is 9.29 Å². The summed E-state index contributed by atoms with van der Waals surface area (Å²) >= 11 is 0. The van der Waals surface area contributed by atoms with Crippen molar-refractivity contribution in [3.05, 3.63) is 59.2 Å². The van der Waals surface area contributed by atoms with Crippen molar-refractivity contribution in [3.8, 4) is 0 Å². The van der Waals surface area contributed by atoms with Crippen molar-refractivity contribution < 1.29 is 22.3 Å². The van der Waals surface area contributed by atoms with Crippen molar-refractivity contribution >= 4 is 21.7 Å². The number of hydrogen-bond donors (Lipinski definition) is 0. The Hall–Kier alpha value is -2.48. The summed E-state index contributed by atoms with van der Waals surface area (Å²) in [5.74, 6) is -1.15. The van der Waals surface area contributed by atoms with Crippen LogP contribution in [-0.2, 0) is 21.3 Å². The Morgan fingerprint density at radius 2 is 2.00 bits per heavy atom. The largest absolute Gasteiger partial charge is 0.465 e. The lowest BCUT2D eigenvalue weighted by molar-refractivity contribution is 0.0600. The molecule has 2 rings (SSSR count). The van der Waals surface area contributed by atoms with Gasteiger partial charge in [0.2, 0.25) is 10.0 Å². The van der Waals surface area contributed by atoms with Gasteiger partial charge < -0.3 is 4.74 Å². The van der Waals surface area contributed by atoms with E-state index in [0.29, 0.717) is 11.3 Å². The van der Waals surface area contributed by atoms with Crippen molar-refractivity contribution in [1.29, 1.82) is 0 Å². The third-order valence-corrected chi connectivity index (χ3v) is 5.44. The van der Waals surface area contributed by atoms with Gasteiger partial charge in [0.15, 0.2) is 0 Å².